The first kappa shape index (κ1) is 20.6. The van der Waals surface area contributed by atoms with Crippen LogP contribution in [0.2, 0.25) is 0 Å². The number of hydrogen-bond donors (Lipinski definition) is 1. The minimum absolute atomic E-state index is 0.118. The molecule has 3 atom stereocenters. The van der Waals surface area contributed by atoms with Gasteiger partial charge in [0.05, 0.1) is 0 Å². The molecule has 2 heterocycles. The van der Waals surface area contributed by atoms with Crippen LogP contribution in [0.3, 0.4) is 0 Å². The van der Waals surface area contributed by atoms with E-state index in [4.69, 9.17) is 11.6 Å². The molecule has 158 valence electrons. The van der Waals surface area contributed by atoms with Gasteiger partial charge in [-0.1, -0.05) is 25.3 Å². The molecule has 1 aliphatic heterocycles. The third-order valence-electron chi connectivity index (χ3n) is 6.66. The van der Waals surface area contributed by atoms with Crippen LogP contribution in [-0.4, -0.2) is 64.7 Å². The van der Waals surface area contributed by atoms with Gasteiger partial charge in [0.2, 0.25) is 11.8 Å². The molecule has 6 nitrogen and oxygen atoms in total. The Hall–Kier alpha value is -1.66. The number of rotatable bonds is 8. The lowest BCUT2D eigenvalue weighted by Crippen LogP contribution is -2.49. The minimum Gasteiger partial charge on any atom is -0.351 e. The van der Waals surface area contributed by atoms with E-state index in [1.807, 2.05) is 12.1 Å². The van der Waals surface area contributed by atoms with Crippen molar-refractivity contribution in [1.29, 1.82) is 0 Å². The number of fused-ring (bicyclic) bond motifs is 1. The molecule has 3 aliphatic rings. The molecule has 1 saturated heterocycles. The van der Waals surface area contributed by atoms with Crippen molar-refractivity contribution in [2.24, 2.45) is 11.8 Å². The summed E-state index contributed by atoms with van der Waals surface area (Å²) in [6, 6.07) is 3.19. The summed E-state index contributed by atoms with van der Waals surface area (Å²) in [7, 11) is 0. The van der Waals surface area contributed by atoms with E-state index in [0.717, 1.165) is 62.7 Å². The second-order valence-corrected chi connectivity index (χ2v) is 9.04. The first-order valence-corrected chi connectivity index (χ1v) is 11.5. The van der Waals surface area contributed by atoms with Crippen molar-refractivity contribution in [3.05, 3.63) is 30.1 Å². The zero-order valence-corrected chi connectivity index (χ0v) is 17.7. The summed E-state index contributed by atoms with van der Waals surface area (Å²) in [5, 5.41) is 3.20. The quantitative estimate of drug-likeness (QED) is 0.659. The fourth-order valence-electron chi connectivity index (χ4n) is 4.94. The highest BCUT2D eigenvalue weighted by Gasteiger charge is 2.45. The van der Waals surface area contributed by atoms with Crippen molar-refractivity contribution < 1.29 is 9.59 Å². The Bertz CT molecular complexity index is 700. The topological polar surface area (TPSA) is 65.5 Å². The zero-order valence-electron chi connectivity index (χ0n) is 16.9. The summed E-state index contributed by atoms with van der Waals surface area (Å²) in [6.45, 7) is 3.50. The Morgan fingerprint density at radius 1 is 1.24 bits per heavy atom. The van der Waals surface area contributed by atoms with Gasteiger partial charge in [0.15, 0.2) is 0 Å². The number of hydrogen-bond acceptors (Lipinski definition) is 4. The molecular weight excluding hydrogens is 388 g/mol. The molecule has 3 fully saturated rings. The predicted molar refractivity (Wildman–Crippen MR) is 112 cm³/mol. The molecule has 2 saturated carbocycles. The molecule has 1 N–H and O–H groups in total. The lowest BCUT2D eigenvalue weighted by Gasteiger charge is -2.34. The molecule has 2 amide bonds. The van der Waals surface area contributed by atoms with Gasteiger partial charge in [-0.05, 0) is 37.2 Å². The van der Waals surface area contributed by atoms with Crippen LogP contribution in [0.15, 0.2) is 24.5 Å². The van der Waals surface area contributed by atoms with Crippen molar-refractivity contribution in [2.75, 3.05) is 32.1 Å². The van der Waals surface area contributed by atoms with Crippen LogP contribution in [0, 0.1) is 11.8 Å². The highest BCUT2D eigenvalue weighted by Crippen LogP contribution is 2.44. The number of nitrogens with zero attached hydrogens (tertiary/aromatic N) is 3. The number of amides is 2. The molecule has 0 aromatic carbocycles. The van der Waals surface area contributed by atoms with Crippen molar-refractivity contribution >= 4 is 23.4 Å². The maximum atomic E-state index is 13.3. The number of nitrogens with one attached hydrogen (secondary N) is 1. The normalized spacial score (nSPS) is 25.3. The number of pyridine rings is 1. The summed E-state index contributed by atoms with van der Waals surface area (Å²) in [5.41, 5.74) is 0.739. The van der Waals surface area contributed by atoms with E-state index in [-0.39, 0.29) is 23.7 Å². The van der Waals surface area contributed by atoms with Crippen LogP contribution in [0.1, 0.15) is 50.1 Å². The summed E-state index contributed by atoms with van der Waals surface area (Å²) >= 11 is 5.95. The number of piperidine rings is 1. The fourth-order valence-corrected chi connectivity index (χ4v) is 5.09. The number of carbonyl (C=O) groups excluding carboxylic acids is 2. The van der Waals surface area contributed by atoms with E-state index in [1.165, 1.54) is 12.8 Å². The third kappa shape index (κ3) is 5.10. The zero-order chi connectivity index (χ0) is 20.2. The summed E-state index contributed by atoms with van der Waals surface area (Å²) < 4.78 is 0. The monoisotopic (exact) mass is 418 g/mol. The van der Waals surface area contributed by atoms with Crippen molar-refractivity contribution in [1.82, 2.24) is 20.1 Å². The fraction of sp³-hybridized carbons (Fsp3) is 0.682. The Kier molecular flexibility index (Phi) is 6.70. The second-order valence-electron chi connectivity index (χ2n) is 8.77. The van der Waals surface area contributed by atoms with Gasteiger partial charge in [-0.15, -0.1) is 11.6 Å². The average molecular weight is 419 g/mol. The third-order valence-corrected chi connectivity index (χ3v) is 6.89. The van der Waals surface area contributed by atoms with Crippen LogP contribution < -0.4 is 5.32 Å². The summed E-state index contributed by atoms with van der Waals surface area (Å²) in [5.74, 6) is 1.24. The maximum absolute atomic E-state index is 13.3. The van der Waals surface area contributed by atoms with Gasteiger partial charge in [0.1, 0.15) is 11.9 Å². The first-order valence-electron chi connectivity index (χ1n) is 10.9. The highest BCUT2D eigenvalue weighted by atomic mass is 35.5. The molecule has 2 aliphatic carbocycles. The van der Waals surface area contributed by atoms with Crippen molar-refractivity contribution in [3.63, 3.8) is 0 Å². The van der Waals surface area contributed by atoms with Crippen LogP contribution in [0.25, 0.3) is 0 Å². The SMILES string of the molecule is O=C(NC1CCCCC1)C(c1cccnc1)N(CCN1C[C@H]2C[C@H]2C1)C(=O)CCl. The van der Waals surface area contributed by atoms with Crippen LogP contribution in [0.4, 0.5) is 0 Å². The molecule has 29 heavy (non-hydrogen) atoms. The smallest absolute Gasteiger partial charge is 0.247 e. The minimum atomic E-state index is -0.686. The number of aromatic nitrogens is 1. The standard InChI is InChI=1S/C22H31ClN4O2/c23-12-20(28)27(10-9-26-14-17-11-18(17)15-26)21(16-5-4-8-24-13-16)22(29)25-19-6-2-1-3-7-19/h4-5,8,13,17-19,21H,1-3,6-7,9-12,14-15H2,(H,25,29)/t17-,18+,21?. The number of alkyl halides is 1. The Labute approximate surface area is 178 Å². The van der Waals surface area contributed by atoms with Crippen LogP contribution >= 0.6 is 11.6 Å². The predicted octanol–water partition coefficient (Wildman–Crippen LogP) is 2.59. The number of likely N-dealkylation sites (tertiary alicyclic amines) is 1. The van der Waals surface area contributed by atoms with Gasteiger partial charge in [-0.25, -0.2) is 0 Å². The molecule has 0 spiro atoms. The van der Waals surface area contributed by atoms with E-state index < -0.39 is 6.04 Å². The summed E-state index contributed by atoms with van der Waals surface area (Å²) in [4.78, 5) is 34.4. The molecule has 7 heteroatoms. The Morgan fingerprint density at radius 2 is 2.00 bits per heavy atom. The first-order chi connectivity index (χ1) is 14.2. The molecular formula is C22H31ClN4O2. The molecule has 1 aromatic heterocycles. The summed E-state index contributed by atoms with van der Waals surface area (Å²) in [6.07, 6.45) is 10.2. The lowest BCUT2D eigenvalue weighted by atomic mass is 9.95. The maximum Gasteiger partial charge on any atom is 0.247 e. The number of halogens is 1. The molecule has 0 radical (unpaired) electrons. The molecule has 1 aromatic rings. The van der Waals surface area contributed by atoms with Crippen LogP contribution in [0.5, 0.6) is 0 Å². The van der Waals surface area contributed by atoms with Gasteiger partial charge in [0, 0.05) is 50.2 Å². The average Bonchev–Trinajstić information content (AvgIpc) is 3.37. The van der Waals surface area contributed by atoms with Crippen molar-refractivity contribution in [2.45, 2.75) is 50.6 Å². The van der Waals surface area contributed by atoms with Crippen molar-refractivity contribution in [3.8, 4) is 0 Å². The Balaban J connectivity index is 1.50. The number of carbonyl (C=O) groups is 2. The van der Waals surface area contributed by atoms with E-state index >= 15 is 0 Å². The van der Waals surface area contributed by atoms with Gasteiger partial charge in [-0.3, -0.25) is 14.6 Å². The van der Waals surface area contributed by atoms with E-state index in [1.54, 1.807) is 17.3 Å². The lowest BCUT2D eigenvalue weighted by molar-refractivity contribution is -0.139. The highest BCUT2D eigenvalue weighted by molar-refractivity contribution is 6.27. The molecule has 4 rings (SSSR count). The van der Waals surface area contributed by atoms with E-state index in [9.17, 15) is 9.59 Å². The van der Waals surface area contributed by atoms with Gasteiger partial charge >= 0.3 is 0 Å². The Morgan fingerprint density at radius 3 is 2.66 bits per heavy atom. The molecule has 0 bridgehead atoms. The molecule has 1 unspecified atom stereocenters. The van der Waals surface area contributed by atoms with E-state index in [2.05, 4.69) is 15.2 Å². The van der Waals surface area contributed by atoms with Gasteiger partial charge in [-0.2, -0.15) is 0 Å². The van der Waals surface area contributed by atoms with Gasteiger partial charge < -0.3 is 15.1 Å². The second kappa shape index (κ2) is 9.43. The van der Waals surface area contributed by atoms with E-state index in [0.29, 0.717) is 6.54 Å². The van der Waals surface area contributed by atoms with Crippen LogP contribution in [-0.2, 0) is 9.59 Å². The van der Waals surface area contributed by atoms with Gasteiger partial charge in [0.25, 0.3) is 0 Å². The largest absolute Gasteiger partial charge is 0.351 e.